The lowest BCUT2D eigenvalue weighted by Gasteiger charge is -2.19. The van der Waals surface area contributed by atoms with E-state index in [0.29, 0.717) is 38.4 Å². The monoisotopic (exact) mass is 474 g/mol. The van der Waals surface area contributed by atoms with Crippen molar-refractivity contribution in [2.75, 3.05) is 33.2 Å². The Morgan fingerprint density at radius 3 is 2.76 bits per heavy atom. The third kappa shape index (κ3) is 8.21. The van der Waals surface area contributed by atoms with Gasteiger partial charge in [0.15, 0.2) is 5.96 Å². The number of alkyl halides is 3. The standard InChI is InChI=1S/C16H22F4N4.HI/c1-21-15(22-7-5-12-3-2-4-13(17)9-12)23-14-6-8-24(10-14)11-16(18,19)20;/h2-4,9,14H,5-8,10-11H2,1H3,(H2,21,22,23);1H. The van der Waals surface area contributed by atoms with Gasteiger partial charge in [-0.15, -0.1) is 24.0 Å². The van der Waals surface area contributed by atoms with Gasteiger partial charge in [-0.05, 0) is 30.5 Å². The number of halogens is 5. The first-order valence-corrected chi connectivity index (χ1v) is 7.86. The van der Waals surface area contributed by atoms with Crippen LogP contribution in [0.25, 0.3) is 0 Å². The number of nitrogens with one attached hydrogen (secondary N) is 2. The summed E-state index contributed by atoms with van der Waals surface area (Å²) >= 11 is 0. The average molecular weight is 474 g/mol. The molecule has 25 heavy (non-hydrogen) atoms. The van der Waals surface area contributed by atoms with E-state index in [1.165, 1.54) is 17.0 Å². The highest BCUT2D eigenvalue weighted by molar-refractivity contribution is 14.0. The molecular weight excluding hydrogens is 451 g/mol. The molecule has 2 rings (SSSR count). The fraction of sp³-hybridized carbons (Fsp3) is 0.562. The van der Waals surface area contributed by atoms with E-state index in [9.17, 15) is 17.6 Å². The van der Waals surface area contributed by atoms with E-state index in [2.05, 4.69) is 15.6 Å². The summed E-state index contributed by atoms with van der Waals surface area (Å²) in [5.74, 6) is 0.274. The van der Waals surface area contributed by atoms with Crippen LogP contribution in [0, 0.1) is 5.82 Å². The number of hydrogen-bond acceptors (Lipinski definition) is 2. The number of aliphatic imine (C=N–C) groups is 1. The molecule has 0 spiro atoms. The normalized spacial score (nSPS) is 18.8. The molecule has 1 unspecified atom stereocenters. The summed E-state index contributed by atoms with van der Waals surface area (Å²) in [7, 11) is 1.61. The highest BCUT2D eigenvalue weighted by atomic mass is 127. The Bertz CT molecular complexity index is 565. The van der Waals surface area contributed by atoms with Gasteiger partial charge in [-0.3, -0.25) is 9.89 Å². The van der Waals surface area contributed by atoms with Crippen LogP contribution in [-0.4, -0.2) is 56.3 Å². The minimum Gasteiger partial charge on any atom is -0.356 e. The van der Waals surface area contributed by atoms with Crippen LogP contribution in [0.2, 0.25) is 0 Å². The van der Waals surface area contributed by atoms with Crippen LogP contribution in [0.4, 0.5) is 17.6 Å². The molecule has 1 aromatic carbocycles. The zero-order valence-corrected chi connectivity index (χ0v) is 16.3. The van der Waals surface area contributed by atoms with Gasteiger partial charge in [-0.1, -0.05) is 12.1 Å². The molecule has 0 bridgehead atoms. The van der Waals surface area contributed by atoms with Crippen molar-refractivity contribution in [3.05, 3.63) is 35.6 Å². The Hall–Kier alpha value is -1.10. The Morgan fingerprint density at radius 1 is 1.36 bits per heavy atom. The molecule has 1 saturated heterocycles. The second-order valence-electron chi connectivity index (χ2n) is 5.86. The fourth-order valence-electron chi connectivity index (χ4n) is 2.75. The highest BCUT2D eigenvalue weighted by Gasteiger charge is 2.34. The van der Waals surface area contributed by atoms with Gasteiger partial charge in [0, 0.05) is 32.7 Å². The van der Waals surface area contributed by atoms with E-state index in [0.717, 1.165) is 5.56 Å². The fourth-order valence-corrected chi connectivity index (χ4v) is 2.75. The molecule has 1 aliphatic heterocycles. The van der Waals surface area contributed by atoms with Crippen LogP contribution in [0.5, 0.6) is 0 Å². The van der Waals surface area contributed by atoms with Crippen LogP contribution < -0.4 is 10.6 Å². The number of guanidine groups is 1. The van der Waals surface area contributed by atoms with Crippen molar-refractivity contribution >= 4 is 29.9 Å². The summed E-state index contributed by atoms with van der Waals surface area (Å²) in [5.41, 5.74) is 0.871. The third-order valence-electron chi connectivity index (χ3n) is 3.83. The summed E-state index contributed by atoms with van der Waals surface area (Å²) in [5, 5.41) is 6.24. The molecule has 142 valence electrons. The molecule has 0 radical (unpaired) electrons. The van der Waals surface area contributed by atoms with Crippen molar-refractivity contribution in [3.63, 3.8) is 0 Å². The van der Waals surface area contributed by atoms with Gasteiger partial charge in [0.2, 0.25) is 0 Å². The van der Waals surface area contributed by atoms with Gasteiger partial charge < -0.3 is 10.6 Å². The second kappa shape index (κ2) is 10.1. The van der Waals surface area contributed by atoms with Crippen LogP contribution in [0.1, 0.15) is 12.0 Å². The Morgan fingerprint density at radius 2 is 2.12 bits per heavy atom. The van der Waals surface area contributed by atoms with Gasteiger partial charge in [0.25, 0.3) is 0 Å². The maximum Gasteiger partial charge on any atom is 0.401 e. The molecular formula is C16H23F4IN4. The summed E-state index contributed by atoms with van der Waals surface area (Å²) in [4.78, 5) is 5.47. The van der Waals surface area contributed by atoms with E-state index in [4.69, 9.17) is 0 Å². The molecule has 0 aliphatic carbocycles. The number of hydrogen-bond donors (Lipinski definition) is 2. The molecule has 1 fully saturated rings. The SMILES string of the molecule is CN=C(NCCc1cccc(F)c1)NC1CCN(CC(F)(F)F)C1.I. The van der Waals surface area contributed by atoms with Crippen LogP contribution in [-0.2, 0) is 6.42 Å². The van der Waals surface area contributed by atoms with Crippen molar-refractivity contribution in [2.45, 2.75) is 25.1 Å². The molecule has 0 saturated carbocycles. The zero-order valence-electron chi connectivity index (χ0n) is 13.9. The van der Waals surface area contributed by atoms with Crippen LogP contribution in [0.15, 0.2) is 29.3 Å². The van der Waals surface area contributed by atoms with E-state index in [1.807, 2.05) is 6.07 Å². The number of nitrogens with zero attached hydrogens (tertiary/aromatic N) is 2. The van der Waals surface area contributed by atoms with Crippen molar-refractivity contribution in [3.8, 4) is 0 Å². The first-order valence-electron chi connectivity index (χ1n) is 7.86. The molecule has 1 aromatic rings. The molecule has 1 aliphatic rings. The largest absolute Gasteiger partial charge is 0.401 e. The first kappa shape index (κ1) is 21.9. The second-order valence-corrected chi connectivity index (χ2v) is 5.86. The minimum absolute atomic E-state index is 0. The first-order chi connectivity index (χ1) is 11.4. The zero-order chi connectivity index (χ0) is 17.6. The minimum atomic E-state index is -4.17. The molecule has 1 atom stereocenters. The molecule has 9 heteroatoms. The van der Waals surface area contributed by atoms with Crippen molar-refractivity contribution in [1.82, 2.24) is 15.5 Å². The lowest BCUT2D eigenvalue weighted by Crippen LogP contribution is -2.45. The smallest absolute Gasteiger partial charge is 0.356 e. The quantitative estimate of drug-likeness (QED) is 0.299. The Balaban J connectivity index is 0.00000312. The van der Waals surface area contributed by atoms with Gasteiger partial charge in [-0.25, -0.2) is 4.39 Å². The van der Waals surface area contributed by atoms with E-state index < -0.39 is 12.7 Å². The molecule has 1 heterocycles. The van der Waals surface area contributed by atoms with Crippen LogP contribution in [0.3, 0.4) is 0 Å². The third-order valence-corrected chi connectivity index (χ3v) is 3.83. The van der Waals surface area contributed by atoms with Crippen LogP contribution >= 0.6 is 24.0 Å². The lowest BCUT2D eigenvalue weighted by atomic mass is 10.1. The Labute approximate surface area is 162 Å². The molecule has 2 N–H and O–H groups in total. The van der Waals surface area contributed by atoms with E-state index >= 15 is 0 Å². The summed E-state index contributed by atoms with van der Waals surface area (Å²) in [6.45, 7) is 0.431. The van der Waals surface area contributed by atoms with E-state index in [-0.39, 0.29) is 35.8 Å². The van der Waals surface area contributed by atoms with Crippen molar-refractivity contribution in [2.24, 2.45) is 4.99 Å². The molecule has 4 nitrogen and oxygen atoms in total. The number of benzene rings is 1. The average Bonchev–Trinajstić information content (AvgIpc) is 2.91. The topological polar surface area (TPSA) is 39.7 Å². The van der Waals surface area contributed by atoms with Crippen molar-refractivity contribution < 1.29 is 17.6 Å². The lowest BCUT2D eigenvalue weighted by molar-refractivity contribution is -0.143. The maximum absolute atomic E-state index is 13.1. The molecule has 0 amide bonds. The Kier molecular flexibility index (Phi) is 8.91. The summed E-state index contributed by atoms with van der Waals surface area (Å²) < 4.78 is 50.3. The van der Waals surface area contributed by atoms with Gasteiger partial charge in [0.1, 0.15) is 5.82 Å². The molecule has 0 aromatic heterocycles. The highest BCUT2D eigenvalue weighted by Crippen LogP contribution is 2.19. The van der Waals surface area contributed by atoms with E-state index in [1.54, 1.807) is 13.1 Å². The predicted octanol–water partition coefficient (Wildman–Crippen LogP) is 2.79. The number of likely N-dealkylation sites (tertiary alicyclic amines) is 1. The van der Waals surface area contributed by atoms with Gasteiger partial charge in [-0.2, -0.15) is 13.2 Å². The summed E-state index contributed by atoms with van der Waals surface area (Å²) in [6.07, 6.45) is -2.90. The maximum atomic E-state index is 13.1. The van der Waals surface area contributed by atoms with Gasteiger partial charge >= 0.3 is 6.18 Å². The predicted molar refractivity (Wildman–Crippen MR) is 101 cm³/mol. The van der Waals surface area contributed by atoms with Gasteiger partial charge in [0.05, 0.1) is 6.54 Å². The number of rotatable bonds is 5. The summed E-state index contributed by atoms with van der Waals surface area (Å²) in [6, 6.07) is 6.31. The van der Waals surface area contributed by atoms with Crippen molar-refractivity contribution in [1.29, 1.82) is 0 Å².